The summed E-state index contributed by atoms with van der Waals surface area (Å²) < 4.78 is 67.1. The molecule has 178 valence electrons. The van der Waals surface area contributed by atoms with Crippen molar-refractivity contribution >= 4 is 15.9 Å². The molecule has 1 aromatic rings. The van der Waals surface area contributed by atoms with Gasteiger partial charge in [-0.05, 0) is 43.2 Å². The van der Waals surface area contributed by atoms with Crippen molar-refractivity contribution in [3.05, 3.63) is 36.0 Å². The van der Waals surface area contributed by atoms with Gasteiger partial charge in [0.1, 0.15) is 5.75 Å². The molecule has 2 N–H and O–H groups in total. The lowest BCUT2D eigenvalue weighted by atomic mass is 9.95. The van der Waals surface area contributed by atoms with E-state index in [1.165, 1.54) is 10.7 Å². The molecule has 8 nitrogen and oxygen atoms in total. The van der Waals surface area contributed by atoms with Crippen LogP contribution in [0.2, 0.25) is 0 Å². The molecule has 1 fully saturated rings. The fourth-order valence-corrected chi connectivity index (χ4v) is 5.02. The van der Waals surface area contributed by atoms with Crippen molar-refractivity contribution < 1.29 is 36.0 Å². The minimum absolute atomic E-state index is 0.0586. The Kier molecular flexibility index (Phi) is 8.01. The third-order valence-electron chi connectivity index (χ3n) is 5.24. The number of alkyl halides is 3. The average Bonchev–Trinajstić information content (AvgIpc) is 2.74. The monoisotopic (exact) mass is 477 g/mol. The molecule has 1 saturated carbocycles. The molecule has 1 heterocycles. The van der Waals surface area contributed by atoms with E-state index >= 15 is 0 Å². The van der Waals surface area contributed by atoms with E-state index in [0.717, 1.165) is 49.9 Å². The number of carbonyl (C=O) groups is 1. The van der Waals surface area contributed by atoms with Crippen LogP contribution in [0.3, 0.4) is 0 Å². The predicted octanol–water partition coefficient (Wildman–Crippen LogP) is 2.83. The number of amides is 1. The summed E-state index contributed by atoms with van der Waals surface area (Å²) in [5.41, 5.74) is 3.34. The number of halogens is 3. The molecule has 1 amide bonds. The molecule has 1 aromatic carbocycles. The molecule has 0 unspecified atom stereocenters. The quantitative estimate of drug-likeness (QED) is 0.559. The van der Waals surface area contributed by atoms with Crippen molar-refractivity contribution in [1.29, 1.82) is 0 Å². The second-order valence-electron chi connectivity index (χ2n) is 7.65. The molecule has 0 bridgehead atoms. The summed E-state index contributed by atoms with van der Waals surface area (Å²) in [6.45, 7) is 0.0604. The van der Waals surface area contributed by atoms with Crippen LogP contribution in [0.1, 0.15) is 38.5 Å². The van der Waals surface area contributed by atoms with E-state index in [2.05, 4.69) is 15.5 Å². The van der Waals surface area contributed by atoms with E-state index in [1.807, 2.05) is 0 Å². The molecule has 12 heteroatoms. The molecule has 0 aromatic heterocycles. The van der Waals surface area contributed by atoms with Crippen LogP contribution in [0.15, 0.2) is 40.9 Å². The summed E-state index contributed by atoms with van der Waals surface area (Å²) in [6, 6.07) is 4.25. The number of benzene rings is 1. The van der Waals surface area contributed by atoms with E-state index in [1.54, 1.807) is 6.08 Å². The van der Waals surface area contributed by atoms with Crippen molar-refractivity contribution in [3.8, 4) is 5.75 Å². The maximum atomic E-state index is 12.7. The molecule has 0 spiro atoms. The molecule has 32 heavy (non-hydrogen) atoms. The minimum atomic E-state index is -4.85. The number of hydrogen-bond donors (Lipinski definition) is 2. The Labute approximate surface area is 184 Å². The highest BCUT2D eigenvalue weighted by atomic mass is 32.2. The third-order valence-corrected chi connectivity index (χ3v) is 7.12. The van der Waals surface area contributed by atoms with Crippen molar-refractivity contribution in [2.24, 2.45) is 0 Å². The van der Waals surface area contributed by atoms with Gasteiger partial charge in [-0.25, -0.2) is 8.42 Å². The Balaban J connectivity index is 1.46. The molecule has 3 rings (SSSR count). The van der Waals surface area contributed by atoms with Crippen molar-refractivity contribution in [2.75, 3.05) is 19.7 Å². The molecule has 0 atom stereocenters. The van der Waals surface area contributed by atoms with Crippen LogP contribution >= 0.6 is 0 Å². The second kappa shape index (κ2) is 10.5. The molecule has 2 aliphatic rings. The van der Waals surface area contributed by atoms with Gasteiger partial charge in [0.05, 0.1) is 4.90 Å². The van der Waals surface area contributed by atoms with Gasteiger partial charge in [0.2, 0.25) is 15.9 Å². The maximum Gasteiger partial charge on any atom is 0.573 e. The van der Waals surface area contributed by atoms with Crippen LogP contribution in [0, 0.1) is 0 Å². The Morgan fingerprint density at radius 1 is 1.12 bits per heavy atom. The molecule has 1 aliphatic heterocycles. The van der Waals surface area contributed by atoms with Crippen molar-refractivity contribution in [2.45, 2.75) is 55.8 Å². The van der Waals surface area contributed by atoms with Crippen LogP contribution in [0.4, 0.5) is 13.2 Å². The Hall–Kier alpha value is -2.31. The largest absolute Gasteiger partial charge is 0.573 e. The van der Waals surface area contributed by atoms with Gasteiger partial charge in [-0.2, -0.15) is 4.31 Å². The summed E-state index contributed by atoms with van der Waals surface area (Å²) in [7, 11) is -3.88. The van der Waals surface area contributed by atoms with E-state index in [0.29, 0.717) is 12.1 Å². The number of nitrogens with zero attached hydrogens (tertiary/aromatic N) is 1. The Morgan fingerprint density at radius 2 is 1.81 bits per heavy atom. The average molecular weight is 478 g/mol. The van der Waals surface area contributed by atoms with Gasteiger partial charge in [0, 0.05) is 31.2 Å². The number of hydroxylamine groups is 1. The maximum absolute atomic E-state index is 12.7. The first-order chi connectivity index (χ1) is 15.1. The first-order valence-electron chi connectivity index (χ1n) is 10.4. The number of hydrogen-bond acceptors (Lipinski definition) is 6. The number of nitrogens with one attached hydrogen (secondary N) is 2. The van der Waals surface area contributed by atoms with Crippen LogP contribution in [0.5, 0.6) is 5.75 Å². The van der Waals surface area contributed by atoms with E-state index in [-0.39, 0.29) is 36.5 Å². The van der Waals surface area contributed by atoms with Gasteiger partial charge in [-0.1, -0.05) is 19.3 Å². The molecule has 1 aliphatic carbocycles. The number of rotatable bonds is 8. The molecule has 0 radical (unpaired) electrons. The second-order valence-corrected chi connectivity index (χ2v) is 9.59. The van der Waals surface area contributed by atoms with Gasteiger partial charge < -0.3 is 10.1 Å². The zero-order chi connectivity index (χ0) is 23.2. The fraction of sp³-hybridized carbons (Fsp3) is 0.550. The highest BCUT2D eigenvalue weighted by molar-refractivity contribution is 7.89. The Bertz CT molecular complexity index is 913. The highest BCUT2D eigenvalue weighted by Gasteiger charge is 2.32. The van der Waals surface area contributed by atoms with Gasteiger partial charge in [0.25, 0.3) is 0 Å². The smallest absolute Gasteiger partial charge is 0.406 e. The fourth-order valence-electron chi connectivity index (χ4n) is 3.63. The van der Waals surface area contributed by atoms with E-state index in [4.69, 9.17) is 4.84 Å². The van der Waals surface area contributed by atoms with E-state index in [9.17, 15) is 26.4 Å². The number of carbonyl (C=O) groups excluding carboxylic acids is 1. The van der Waals surface area contributed by atoms with Gasteiger partial charge in [-0.3, -0.25) is 15.1 Å². The SMILES string of the molecule is O=C(CONC1=CCN(S(=O)(=O)c2ccc(OC(F)(F)F)cc2)CC1)NC1CCCCC1. The van der Waals surface area contributed by atoms with Crippen LogP contribution < -0.4 is 15.5 Å². The zero-order valence-electron chi connectivity index (χ0n) is 17.4. The number of ether oxygens (including phenoxy) is 1. The lowest BCUT2D eigenvalue weighted by molar-refractivity contribution is -0.274. The number of sulfonamides is 1. The summed E-state index contributed by atoms with van der Waals surface area (Å²) in [6.07, 6.45) is 2.49. The molecular formula is C20H26F3N3O5S. The normalized spacial score (nSPS) is 18.7. The summed E-state index contributed by atoms with van der Waals surface area (Å²) >= 11 is 0. The molecule has 0 saturated heterocycles. The predicted molar refractivity (Wildman–Crippen MR) is 109 cm³/mol. The lowest BCUT2D eigenvalue weighted by Gasteiger charge is -2.26. The van der Waals surface area contributed by atoms with Gasteiger partial charge in [-0.15, -0.1) is 13.2 Å². The minimum Gasteiger partial charge on any atom is -0.406 e. The summed E-state index contributed by atoms with van der Waals surface area (Å²) in [4.78, 5) is 17.0. The summed E-state index contributed by atoms with van der Waals surface area (Å²) in [5.74, 6) is -0.700. The van der Waals surface area contributed by atoms with Crippen molar-refractivity contribution in [3.63, 3.8) is 0 Å². The van der Waals surface area contributed by atoms with Crippen LogP contribution in [0.25, 0.3) is 0 Å². The van der Waals surface area contributed by atoms with Crippen molar-refractivity contribution in [1.82, 2.24) is 15.1 Å². The zero-order valence-corrected chi connectivity index (χ0v) is 18.2. The first-order valence-corrected chi connectivity index (χ1v) is 11.8. The van der Waals surface area contributed by atoms with Crippen LogP contribution in [-0.2, 0) is 19.7 Å². The van der Waals surface area contributed by atoms with Gasteiger partial charge >= 0.3 is 6.36 Å². The lowest BCUT2D eigenvalue weighted by Crippen LogP contribution is -2.40. The third kappa shape index (κ3) is 7.10. The highest BCUT2D eigenvalue weighted by Crippen LogP contribution is 2.26. The summed E-state index contributed by atoms with van der Waals surface area (Å²) in [5, 5.41) is 2.94. The van der Waals surface area contributed by atoms with Crippen LogP contribution in [-0.4, -0.2) is 50.7 Å². The first kappa shape index (κ1) is 24.3. The Morgan fingerprint density at radius 3 is 2.41 bits per heavy atom. The van der Waals surface area contributed by atoms with E-state index < -0.39 is 22.1 Å². The standard InChI is InChI=1S/C20H26F3N3O5S/c21-20(22,23)31-17-6-8-18(9-7-17)32(28,29)26-12-10-16(11-13-26)25-30-14-19(27)24-15-4-2-1-3-5-15/h6-10,15,25H,1-5,11-14H2,(H,24,27). The topological polar surface area (TPSA) is 97.0 Å². The molecular weight excluding hydrogens is 451 g/mol. The van der Waals surface area contributed by atoms with Gasteiger partial charge in [0.15, 0.2) is 6.61 Å².